The molecule has 1 aliphatic heterocycles. The first-order chi connectivity index (χ1) is 10.6. The van der Waals surface area contributed by atoms with Crippen LogP contribution < -0.4 is 10.0 Å². The molecule has 1 aliphatic rings. The van der Waals surface area contributed by atoms with Gasteiger partial charge in [0.15, 0.2) is 5.76 Å². The van der Waals surface area contributed by atoms with Crippen molar-refractivity contribution in [3.8, 4) is 11.3 Å². The van der Waals surface area contributed by atoms with Gasteiger partial charge in [0.2, 0.25) is 10.0 Å². The predicted molar refractivity (Wildman–Crippen MR) is 82.7 cm³/mol. The zero-order valence-corrected chi connectivity index (χ0v) is 13.1. The molecular weight excluding hydrogens is 302 g/mol. The lowest BCUT2D eigenvalue weighted by Gasteiger charge is -2.30. The van der Waals surface area contributed by atoms with Crippen LogP contribution in [0, 0.1) is 5.92 Å². The van der Waals surface area contributed by atoms with E-state index < -0.39 is 10.0 Å². The van der Waals surface area contributed by atoms with Gasteiger partial charge < -0.3 is 9.84 Å². The highest BCUT2D eigenvalue weighted by molar-refractivity contribution is 7.89. The van der Waals surface area contributed by atoms with Crippen LogP contribution in [0.4, 0.5) is 0 Å². The Bertz CT molecular complexity index is 728. The molecule has 0 spiro atoms. The van der Waals surface area contributed by atoms with Crippen LogP contribution in [0.25, 0.3) is 11.3 Å². The minimum atomic E-state index is -3.63. The van der Waals surface area contributed by atoms with Gasteiger partial charge in [-0.3, -0.25) is 0 Å². The third kappa shape index (κ3) is 3.06. The van der Waals surface area contributed by atoms with E-state index in [-0.39, 0.29) is 10.9 Å². The van der Waals surface area contributed by atoms with Crippen LogP contribution in [-0.2, 0) is 10.0 Å². The van der Waals surface area contributed by atoms with Crippen molar-refractivity contribution in [2.45, 2.75) is 24.3 Å². The number of nitrogens with zero attached hydrogens (tertiary/aromatic N) is 1. The summed E-state index contributed by atoms with van der Waals surface area (Å²) in [6.45, 7) is 3.63. The zero-order chi connectivity index (χ0) is 15.6. The van der Waals surface area contributed by atoms with Gasteiger partial charge in [0.25, 0.3) is 0 Å². The topological polar surface area (TPSA) is 84.2 Å². The smallest absolute Gasteiger partial charge is 0.241 e. The van der Waals surface area contributed by atoms with Crippen LogP contribution >= 0.6 is 0 Å². The van der Waals surface area contributed by atoms with Crippen LogP contribution in [0.3, 0.4) is 0 Å². The van der Waals surface area contributed by atoms with Crippen molar-refractivity contribution in [3.05, 3.63) is 36.5 Å². The van der Waals surface area contributed by atoms with E-state index in [4.69, 9.17) is 4.52 Å². The Morgan fingerprint density at radius 1 is 1.32 bits per heavy atom. The molecule has 0 bridgehead atoms. The van der Waals surface area contributed by atoms with E-state index in [1.807, 2.05) is 0 Å². The lowest BCUT2D eigenvalue weighted by molar-refractivity contribution is 0.327. The fourth-order valence-electron chi connectivity index (χ4n) is 2.67. The van der Waals surface area contributed by atoms with E-state index in [9.17, 15) is 8.42 Å². The fraction of sp³-hybridized carbons (Fsp3) is 0.400. The number of hydrogen-bond acceptors (Lipinski definition) is 5. The average molecular weight is 321 g/mol. The molecule has 2 aromatic rings. The van der Waals surface area contributed by atoms with Gasteiger partial charge in [0, 0.05) is 24.2 Å². The van der Waals surface area contributed by atoms with Gasteiger partial charge >= 0.3 is 0 Å². The second-order valence-electron chi connectivity index (χ2n) is 5.57. The number of hydrogen-bond donors (Lipinski definition) is 2. The van der Waals surface area contributed by atoms with E-state index in [1.165, 1.54) is 6.20 Å². The first kappa shape index (κ1) is 15.2. The summed E-state index contributed by atoms with van der Waals surface area (Å²) in [5, 5.41) is 6.88. The normalized spacial score (nSPS) is 22.6. The molecule has 3 rings (SSSR count). The number of sulfonamides is 1. The molecule has 0 aliphatic carbocycles. The molecular formula is C15H19N3O3S. The third-order valence-electron chi connectivity index (χ3n) is 4.01. The van der Waals surface area contributed by atoms with Crippen LogP contribution in [-0.4, -0.2) is 32.7 Å². The maximum absolute atomic E-state index is 12.8. The summed E-state index contributed by atoms with van der Waals surface area (Å²) in [5.41, 5.74) is 0.518. The highest BCUT2D eigenvalue weighted by Crippen LogP contribution is 2.27. The molecule has 22 heavy (non-hydrogen) atoms. The number of aromatic nitrogens is 1. The Morgan fingerprint density at radius 2 is 2.14 bits per heavy atom. The van der Waals surface area contributed by atoms with Gasteiger partial charge in [-0.1, -0.05) is 24.2 Å². The first-order valence-corrected chi connectivity index (χ1v) is 8.79. The lowest BCUT2D eigenvalue weighted by atomic mass is 9.96. The van der Waals surface area contributed by atoms with E-state index >= 15 is 0 Å². The Morgan fingerprint density at radius 3 is 2.86 bits per heavy atom. The molecule has 0 radical (unpaired) electrons. The van der Waals surface area contributed by atoms with Crippen molar-refractivity contribution < 1.29 is 12.9 Å². The minimum absolute atomic E-state index is 0.110. The van der Waals surface area contributed by atoms with Crippen molar-refractivity contribution in [1.82, 2.24) is 15.2 Å². The van der Waals surface area contributed by atoms with Gasteiger partial charge in [-0.05, 0) is 31.0 Å². The Balaban J connectivity index is 1.93. The molecule has 0 amide bonds. The van der Waals surface area contributed by atoms with Crippen LogP contribution in [0.2, 0.25) is 0 Å². The highest BCUT2D eigenvalue weighted by atomic mass is 32.2. The summed E-state index contributed by atoms with van der Waals surface area (Å²) >= 11 is 0. The summed E-state index contributed by atoms with van der Waals surface area (Å²) in [5.74, 6) is 0.740. The van der Waals surface area contributed by atoms with Crippen LogP contribution in [0.5, 0.6) is 0 Å². The molecule has 6 nitrogen and oxygen atoms in total. The molecule has 0 saturated carbocycles. The van der Waals surface area contributed by atoms with Crippen molar-refractivity contribution in [3.63, 3.8) is 0 Å². The maximum atomic E-state index is 12.8. The van der Waals surface area contributed by atoms with Gasteiger partial charge in [-0.15, -0.1) is 0 Å². The van der Waals surface area contributed by atoms with Gasteiger partial charge in [-0.25, -0.2) is 13.1 Å². The Hall–Kier alpha value is -1.70. The molecule has 7 heteroatoms. The number of piperidine rings is 1. The maximum Gasteiger partial charge on any atom is 0.241 e. The third-order valence-corrected chi connectivity index (χ3v) is 5.56. The zero-order valence-electron chi connectivity index (χ0n) is 12.3. The van der Waals surface area contributed by atoms with Crippen LogP contribution in [0.1, 0.15) is 13.3 Å². The summed E-state index contributed by atoms with van der Waals surface area (Å²) in [4.78, 5) is 0.213. The second-order valence-corrected chi connectivity index (χ2v) is 7.25. The molecule has 1 aromatic carbocycles. The molecule has 118 valence electrons. The summed E-state index contributed by atoms with van der Waals surface area (Å²) in [7, 11) is -3.63. The molecule has 1 aromatic heterocycles. The highest BCUT2D eigenvalue weighted by Gasteiger charge is 2.28. The van der Waals surface area contributed by atoms with Crippen molar-refractivity contribution >= 4 is 10.0 Å². The number of nitrogens with one attached hydrogen (secondary N) is 2. The van der Waals surface area contributed by atoms with Crippen LogP contribution in [0.15, 0.2) is 45.9 Å². The molecule has 1 fully saturated rings. The van der Waals surface area contributed by atoms with E-state index in [0.717, 1.165) is 13.0 Å². The van der Waals surface area contributed by atoms with Gasteiger partial charge in [0.1, 0.15) is 0 Å². The standard InChI is InChI=1S/C15H19N3O3S/c1-11-6-8-16-10-13(11)18-22(19,20)15-5-3-2-4-12(15)14-7-9-17-21-14/h2-5,7,9,11,13,16,18H,6,8,10H2,1H3. The average Bonchev–Trinajstić information content (AvgIpc) is 3.04. The second kappa shape index (κ2) is 6.20. The number of benzene rings is 1. The molecule has 1 saturated heterocycles. The van der Waals surface area contributed by atoms with Crippen molar-refractivity contribution in [2.24, 2.45) is 5.92 Å². The lowest BCUT2D eigenvalue weighted by Crippen LogP contribution is -2.50. The Labute approximate surface area is 129 Å². The number of rotatable bonds is 4. The van der Waals surface area contributed by atoms with Gasteiger partial charge in [-0.2, -0.15) is 0 Å². The fourth-order valence-corrected chi connectivity index (χ4v) is 4.23. The molecule has 2 atom stereocenters. The summed E-state index contributed by atoms with van der Waals surface area (Å²) in [6, 6.07) is 8.33. The summed E-state index contributed by atoms with van der Waals surface area (Å²) in [6.07, 6.45) is 2.45. The summed E-state index contributed by atoms with van der Waals surface area (Å²) < 4.78 is 33.4. The molecule has 2 N–H and O–H groups in total. The predicted octanol–water partition coefficient (Wildman–Crippen LogP) is 1.62. The largest absolute Gasteiger partial charge is 0.356 e. The minimum Gasteiger partial charge on any atom is -0.356 e. The Kier molecular flexibility index (Phi) is 4.28. The first-order valence-electron chi connectivity index (χ1n) is 7.31. The van der Waals surface area contributed by atoms with E-state index in [0.29, 0.717) is 23.8 Å². The quantitative estimate of drug-likeness (QED) is 0.894. The van der Waals surface area contributed by atoms with E-state index in [1.54, 1.807) is 30.3 Å². The SMILES string of the molecule is CC1CCNCC1NS(=O)(=O)c1ccccc1-c1ccno1. The monoisotopic (exact) mass is 321 g/mol. The van der Waals surface area contributed by atoms with Gasteiger partial charge in [0.05, 0.1) is 11.1 Å². The molecule has 2 heterocycles. The molecule has 2 unspecified atom stereocenters. The van der Waals surface area contributed by atoms with Crippen molar-refractivity contribution in [2.75, 3.05) is 13.1 Å². The van der Waals surface area contributed by atoms with Crippen molar-refractivity contribution in [1.29, 1.82) is 0 Å². The van der Waals surface area contributed by atoms with E-state index in [2.05, 4.69) is 22.1 Å².